The molecule has 1 aromatic carbocycles. The maximum Gasteiger partial charge on any atom is 0.408 e. The van der Waals surface area contributed by atoms with Gasteiger partial charge in [0.1, 0.15) is 17.7 Å². The first-order valence-electron chi connectivity index (χ1n) is 11.8. The lowest BCUT2D eigenvalue weighted by Crippen LogP contribution is -2.53. The van der Waals surface area contributed by atoms with Gasteiger partial charge in [-0.05, 0) is 58.1 Å². The van der Waals surface area contributed by atoms with Gasteiger partial charge in [0.05, 0.1) is 0 Å². The number of nitrogens with one attached hydrogen (secondary N) is 2. The highest BCUT2D eigenvalue weighted by molar-refractivity contribution is 7.98. The second-order valence-corrected chi connectivity index (χ2v) is 10.2. The Balaban J connectivity index is 3.34. The highest BCUT2D eigenvalue weighted by Crippen LogP contribution is 2.24. The molecule has 7 nitrogen and oxygen atoms in total. The third-order valence-electron chi connectivity index (χ3n) is 4.96. The number of amides is 3. The molecule has 8 heteroatoms. The summed E-state index contributed by atoms with van der Waals surface area (Å²) in [5, 5.41) is 5.69. The van der Waals surface area contributed by atoms with Gasteiger partial charge in [0.25, 0.3) is 0 Å². The minimum Gasteiger partial charge on any atom is -0.444 e. The van der Waals surface area contributed by atoms with Crippen LogP contribution in [0.5, 0.6) is 0 Å². The zero-order valence-corrected chi connectivity index (χ0v) is 22.3. The van der Waals surface area contributed by atoms with Gasteiger partial charge in [0, 0.05) is 13.1 Å². The molecule has 0 radical (unpaired) electrons. The van der Waals surface area contributed by atoms with E-state index >= 15 is 0 Å². The molecule has 0 fully saturated rings. The van der Waals surface area contributed by atoms with Crippen molar-refractivity contribution < 1.29 is 19.1 Å². The van der Waals surface area contributed by atoms with Gasteiger partial charge in [0.15, 0.2) is 0 Å². The number of aryl methyl sites for hydroxylation is 1. The number of benzene rings is 1. The summed E-state index contributed by atoms with van der Waals surface area (Å²) >= 11 is 1.58. The number of hydrogen-bond acceptors (Lipinski definition) is 5. The van der Waals surface area contributed by atoms with E-state index in [-0.39, 0.29) is 18.4 Å². The lowest BCUT2D eigenvalue weighted by Gasteiger charge is -2.34. The van der Waals surface area contributed by atoms with Crippen LogP contribution < -0.4 is 10.6 Å². The van der Waals surface area contributed by atoms with Crippen LogP contribution in [0.4, 0.5) is 4.79 Å². The summed E-state index contributed by atoms with van der Waals surface area (Å²) in [5.41, 5.74) is 1.01. The molecule has 0 saturated heterocycles. The first kappa shape index (κ1) is 29.6. The van der Waals surface area contributed by atoms with Crippen LogP contribution in [0.15, 0.2) is 36.9 Å². The van der Waals surface area contributed by atoms with Crippen molar-refractivity contribution in [2.45, 2.75) is 71.6 Å². The van der Waals surface area contributed by atoms with Crippen molar-refractivity contribution in [2.24, 2.45) is 0 Å². The van der Waals surface area contributed by atoms with Crippen LogP contribution in [0.25, 0.3) is 0 Å². The summed E-state index contributed by atoms with van der Waals surface area (Å²) < 4.78 is 5.38. The van der Waals surface area contributed by atoms with E-state index in [0.717, 1.165) is 18.4 Å². The number of carbonyl (C=O) groups is 3. The molecule has 2 N–H and O–H groups in total. The van der Waals surface area contributed by atoms with Gasteiger partial charge in [-0.15, -0.1) is 6.58 Å². The fourth-order valence-corrected chi connectivity index (χ4v) is 3.87. The number of hydrogen-bond donors (Lipinski definition) is 2. The van der Waals surface area contributed by atoms with Crippen molar-refractivity contribution in [3.05, 3.63) is 48.0 Å². The van der Waals surface area contributed by atoms with Crippen LogP contribution >= 0.6 is 11.8 Å². The van der Waals surface area contributed by atoms with Crippen LogP contribution in [0, 0.1) is 6.92 Å². The molecule has 190 valence electrons. The number of unbranched alkanes of at least 4 members (excludes halogenated alkanes) is 1. The van der Waals surface area contributed by atoms with Crippen molar-refractivity contribution in [3.8, 4) is 0 Å². The van der Waals surface area contributed by atoms with E-state index < -0.39 is 23.8 Å². The second-order valence-electron chi connectivity index (χ2n) is 9.22. The summed E-state index contributed by atoms with van der Waals surface area (Å²) in [7, 11) is 0. The van der Waals surface area contributed by atoms with Crippen LogP contribution in [0.3, 0.4) is 0 Å². The Morgan fingerprint density at radius 2 is 1.97 bits per heavy atom. The van der Waals surface area contributed by atoms with Crippen LogP contribution in [-0.4, -0.2) is 59.5 Å². The largest absolute Gasteiger partial charge is 0.444 e. The van der Waals surface area contributed by atoms with E-state index in [0.29, 0.717) is 24.3 Å². The van der Waals surface area contributed by atoms with E-state index in [4.69, 9.17) is 4.74 Å². The number of rotatable bonds is 13. The average Bonchev–Trinajstić information content (AvgIpc) is 2.75. The first-order valence-corrected chi connectivity index (χ1v) is 13.2. The number of ether oxygens (including phenoxy) is 1. The molecule has 1 rings (SSSR count). The molecule has 0 saturated carbocycles. The second kappa shape index (κ2) is 14.7. The smallest absolute Gasteiger partial charge is 0.408 e. The fourth-order valence-electron chi connectivity index (χ4n) is 3.40. The first-order chi connectivity index (χ1) is 16.0. The van der Waals surface area contributed by atoms with Crippen molar-refractivity contribution in [2.75, 3.05) is 25.1 Å². The zero-order chi connectivity index (χ0) is 25.7. The van der Waals surface area contributed by atoms with Gasteiger partial charge in [0.2, 0.25) is 11.8 Å². The maximum absolute atomic E-state index is 13.8. The molecule has 2 unspecified atom stereocenters. The molecule has 0 aliphatic heterocycles. The van der Waals surface area contributed by atoms with Gasteiger partial charge in [-0.2, -0.15) is 11.8 Å². The van der Waals surface area contributed by atoms with Crippen LogP contribution in [-0.2, 0) is 14.3 Å². The average molecular weight is 492 g/mol. The fraction of sp³-hybridized carbons (Fsp3) is 0.577. The van der Waals surface area contributed by atoms with Gasteiger partial charge in [-0.3, -0.25) is 9.59 Å². The molecular formula is C26H41N3O4S. The number of alkyl carbamates (subject to hydrolysis) is 1. The molecule has 0 aliphatic carbocycles. The minimum absolute atomic E-state index is 0.157. The number of nitrogens with zero attached hydrogens (tertiary/aromatic N) is 1. The minimum atomic E-state index is -0.848. The third-order valence-corrected chi connectivity index (χ3v) is 5.60. The summed E-state index contributed by atoms with van der Waals surface area (Å²) in [6.45, 7) is 13.8. The van der Waals surface area contributed by atoms with Crippen LogP contribution in [0.1, 0.15) is 64.1 Å². The Kier molecular flexibility index (Phi) is 12.8. The molecule has 2 atom stereocenters. The van der Waals surface area contributed by atoms with Gasteiger partial charge < -0.3 is 20.3 Å². The zero-order valence-electron chi connectivity index (χ0n) is 21.5. The summed E-state index contributed by atoms with van der Waals surface area (Å²) in [5.74, 6) is 0.0541. The van der Waals surface area contributed by atoms with Crippen molar-refractivity contribution in [3.63, 3.8) is 0 Å². The molecular weight excluding hydrogens is 450 g/mol. The normalized spacial score (nSPS) is 12.9. The van der Waals surface area contributed by atoms with E-state index in [9.17, 15) is 14.4 Å². The quantitative estimate of drug-likeness (QED) is 0.311. The van der Waals surface area contributed by atoms with Crippen molar-refractivity contribution in [1.29, 1.82) is 0 Å². The number of thioether (sulfide) groups is 1. The van der Waals surface area contributed by atoms with E-state index in [1.807, 2.05) is 37.4 Å². The van der Waals surface area contributed by atoms with E-state index in [1.165, 1.54) is 4.90 Å². The summed E-state index contributed by atoms with van der Waals surface area (Å²) in [6.07, 6.45) is 5.07. The lowest BCUT2D eigenvalue weighted by atomic mass is 10.0. The van der Waals surface area contributed by atoms with Crippen molar-refractivity contribution in [1.82, 2.24) is 15.5 Å². The third kappa shape index (κ3) is 10.2. The summed E-state index contributed by atoms with van der Waals surface area (Å²) in [6, 6.07) is 5.89. The SMILES string of the molecule is C=CCN(C(=O)C(CCSC)NC(=O)OC(C)(C)C)C(C(=O)NCCCC)c1cccc(C)c1. The molecule has 34 heavy (non-hydrogen) atoms. The Morgan fingerprint density at radius 1 is 1.26 bits per heavy atom. The van der Waals surface area contributed by atoms with Gasteiger partial charge >= 0.3 is 6.09 Å². The highest BCUT2D eigenvalue weighted by Gasteiger charge is 2.35. The van der Waals surface area contributed by atoms with Crippen molar-refractivity contribution >= 4 is 29.7 Å². The Hall–Kier alpha value is -2.48. The van der Waals surface area contributed by atoms with E-state index in [1.54, 1.807) is 38.6 Å². The molecule has 0 aromatic heterocycles. The van der Waals surface area contributed by atoms with Gasteiger partial charge in [-0.25, -0.2) is 4.79 Å². The van der Waals surface area contributed by atoms with Gasteiger partial charge in [-0.1, -0.05) is 49.2 Å². The predicted molar refractivity (Wildman–Crippen MR) is 140 cm³/mol. The molecule has 0 bridgehead atoms. The molecule has 0 aliphatic rings. The Bertz CT molecular complexity index is 823. The topological polar surface area (TPSA) is 87.7 Å². The molecule has 0 spiro atoms. The Labute approximate surface area is 209 Å². The Morgan fingerprint density at radius 3 is 2.53 bits per heavy atom. The highest BCUT2D eigenvalue weighted by atomic mass is 32.2. The molecule has 0 heterocycles. The van der Waals surface area contributed by atoms with E-state index in [2.05, 4.69) is 24.1 Å². The number of carbonyl (C=O) groups excluding carboxylic acids is 3. The maximum atomic E-state index is 13.8. The monoisotopic (exact) mass is 491 g/mol. The van der Waals surface area contributed by atoms with Crippen LogP contribution in [0.2, 0.25) is 0 Å². The predicted octanol–water partition coefficient (Wildman–Crippen LogP) is 4.61. The molecule has 3 amide bonds. The summed E-state index contributed by atoms with van der Waals surface area (Å²) in [4.78, 5) is 41.1. The molecule has 1 aromatic rings. The lowest BCUT2D eigenvalue weighted by molar-refractivity contribution is -0.141. The standard InChI is InChI=1S/C26H41N3O4S/c1-8-10-15-27-23(30)22(20-13-11-12-19(3)18-20)29(16-9-2)24(31)21(14-17-34-7)28-25(32)33-26(4,5)6/h9,11-13,18,21-22H,2,8,10,14-17H2,1,3-7H3,(H,27,30)(H,28,32).